The summed E-state index contributed by atoms with van der Waals surface area (Å²) >= 11 is 20.9. The summed E-state index contributed by atoms with van der Waals surface area (Å²) < 4.78 is 0.945. The van der Waals surface area contributed by atoms with Gasteiger partial charge in [-0.05, 0) is 24.6 Å². The van der Waals surface area contributed by atoms with Crippen LogP contribution in [-0.2, 0) is 0 Å². The Morgan fingerprint density at radius 2 is 1.83 bits per heavy atom. The number of hydrazone groups is 1. The maximum absolute atomic E-state index is 12.1. The quantitative estimate of drug-likeness (QED) is 0.421. The first-order valence-electron chi connectivity index (χ1n) is 6.21. The fourth-order valence-electron chi connectivity index (χ4n) is 1.63. The maximum atomic E-state index is 12.1. The van der Waals surface area contributed by atoms with Crippen LogP contribution in [-0.4, -0.2) is 16.6 Å². The van der Waals surface area contributed by atoms with Crippen LogP contribution in [0.5, 0.6) is 0 Å². The smallest absolute Gasteiger partial charge is 0.291 e. The van der Waals surface area contributed by atoms with Gasteiger partial charge in [-0.15, -0.1) is 0 Å². The van der Waals surface area contributed by atoms with Crippen molar-refractivity contribution in [3.63, 3.8) is 0 Å². The fraction of sp³-hybridized carbons (Fsp3) is 0.0714. The Hall–Kier alpha value is -1.34. The van der Waals surface area contributed by atoms with Gasteiger partial charge in [0.1, 0.15) is 5.02 Å². The van der Waals surface area contributed by atoms with Gasteiger partial charge in [0.25, 0.3) is 5.91 Å². The van der Waals surface area contributed by atoms with Gasteiger partial charge in [0, 0.05) is 4.47 Å². The van der Waals surface area contributed by atoms with Crippen LogP contribution in [0.25, 0.3) is 0 Å². The Morgan fingerprint density at radius 1 is 1.22 bits per heavy atom. The SMILES string of the molecule is C/C(=N\NC(=O)c1nc(Cl)c(Cl)c(N)c1Cl)c1ccc(Br)cc1. The molecule has 0 radical (unpaired) electrons. The molecule has 0 fully saturated rings. The lowest BCUT2D eigenvalue weighted by Gasteiger charge is -2.08. The monoisotopic (exact) mass is 434 g/mol. The van der Waals surface area contributed by atoms with E-state index < -0.39 is 5.91 Å². The van der Waals surface area contributed by atoms with Gasteiger partial charge in [-0.25, -0.2) is 10.4 Å². The van der Waals surface area contributed by atoms with E-state index in [1.165, 1.54) is 0 Å². The van der Waals surface area contributed by atoms with Gasteiger partial charge >= 0.3 is 0 Å². The molecule has 23 heavy (non-hydrogen) atoms. The Kier molecular flexibility index (Phi) is 5.86. The number of nitrogen functional groups attached to an aromatic ring is 1. The summed E-state index contributed by atoms with van der Waals surface area (Å²) in [7, 11) is 0. The molecule has 9 heteroatoms. The molecule has 120 valence electrons. The second-order valence-corrected chi connectivity index (χ2v) is 6.47. The zero-order chi connectivity index (χ0) is 17.1. The number of aromatic nitrogens is 1. The zero-order valence-corrected chi connectivity index (χ0v) is 15.6. The van der Waals surface area contributed by atoms with E-state index in [1.54, 1.807) is 6.92 Å². The average molecular weight is 437 g/mol. The molecule has 0 atom stereocenters. The van der Waals surface area contributed by atoms with Gasteiger partial charge in [0.15, 0.2) is 10.8 Å². The van der Waals surface area contributed by atoms with Gasteiger partial charge in [0.05, 0.1) is 16.4 Å². The number of nitrogens with zero attached hydrogens (tertiary/aromatic N) is 2. The van der Waals surface area contributed by atoms with Crippen LogP contribution in [0.1, 0.15) is 23.0 Å². The molecule has 0 aliphatic heterocycles. The summed E-state index contributed by atoms with van der Waals surface area (Å²) in [5.41, 5.74) is 9.33. The standard InChI is InChI=1S/C14H10BrCl3N4O/c1-6(7-2-4-8(15)5-3-7)21-22-14(23)12-9(16)11(19)10(17)13(18)20-12/h2-5H,1H3,(H2,19,20)(H,22,23)/b21-6+. The molecule has 1 aromatic carbocycles. The lowest BCUT2D eigenvalue weighted by molar-refractivity contribution is 0.0950. The van der Waals surface area contributed by atoms with E-state index in [4.69, 9.17) is 40.5 Å². The fourth-order valence-corrected chi connectivity index (χ4v) is 2.48. The van der Waals surface area contributed by atoms with Crippen molar-refractivity contribution in [3.05, 3.63) is 55.2 Å². The normalized spacial score (nSPS) is 11.4. The van der Waals surface area contributed by atoms with Crippen molar-refractivity contribution in [2.45, 2.75) is 6.92 Å². The molecule has 0 unspecified atom stereocenters. The number of pyridine rings is 1. The Balaban J connectivity index is 2.23. The van der Waals surface area contributed by atoms with Crippen molar-refractivity contribution in [1.82, 2.24) is 10.4 Å². The molecule has 3 N–H and O–H groups in total. The highest BCUT2D eigenvalue weighted by atomic mass is 79.9. The number of anilines is 1. The van der Waals surface area contributed by atoms with Crippen molar-refractivity contribution < 1.29 is 4.79 Å². The number of amides is 1. The topological polar surface area (TPSA) is 80.4 Å². The number of rotatable bonds is 3. The number of hydrogen-bond donors (Lipinski definition) is 2. The largest absolute Gasteiger partial charge is 0.396 e. The third-order valence-electron chi connectivity index (χ3n) is 2.87. The summed E-state index contributed by atoms with van der Waals surface area (Å²) in [6.07, 6.45) is 0. The van der Waals surface area contributed by atoms with Crippen LogP contribution < -0.4 is 11.2 Å². The van der Waals surface area contributed by atoms with E-state index in [0.717, 1.165) is 10.0 Å². The van der Waals surface area contributed by atoms with Crippen molar-refractivity contribution in [3.8, 4) is 0 Å². The van der Waals surface area contributed by atoms with Gasteiger partial charge in [0.2, 0.25) is 0 Å². The third kappa shape index (κ3) is 4.14. The number of carbonyl (C=O) groups is 1. The molecule has 0 saturated carbocycles. The average Bonchev–Trinajstić information content (AvgIpc) is 2.54. The highest BCUT2D eigenvalue weighted by Crippen LogP contribution is 2.34. The molecule has 0 aliphatic rings. The Bertz CT molecular complexity index is 794. The minimum absolute atomic E-state index is 0.00256. The number of hydrogen-bond acceptors (Lipinski definition) is 4. The molecular weight excluding hydrogens is 426 g/mol. The maximum Gasteiger partial charge on any atom is 0.291 e. The lowest BCUT2D eigenvalue weighted by atomic mass is 10.1. The van der Waals surface area contributed by atoms with Crippen LogP contribution in [0, 0.1) is 0 Å². The van der Waals surface area contributed by atoms with E-state index in [1.807, 2.05) is 24.3 Å². The van der Waals surface area contributed by atoms with E-state index in [0.29, 0.717) is 5.71 Å². The minimum Gasteiger partial charge on any atom is -0.396 e. The minimum atomic E-state index is -0.642. The number of nitrogens with two attached hydrogens (primary N) is 1. The van der Waals surface area contributed by atoms with Crippen molar-refractivity contribution in [1.29, 1.82) is 0 Å². The first-order valence-corrected chi connectivity index (χ1v) is 8.14. The number of halogens is 4. The zero-order valence-electron chi connectivity index (χ0n) is 11.7. The molecule has 2 rings (SSSR count). The molecular formula is C14H10BrCl3N4O. The van der Waals surface area contributed by atoms with Crippen LogP contribution in [0.3, 0.4) is 0 Å². The first-order chi connectivity index (χ1) is 10.8. The summed E-state index contributed by atoms with van der Waals surface area (Å²) in [4.78, 5) is 16.0. The molecule has 0 aliphatic carbocycles. The first kappa shape index (κ1) is 18.0. The highest BCUT2D eigenvalue weighted by molar-refractivity contribution is 9.10. The molecule has 1 heterocycles. The van der Waals surface area contributed by atoms with Crippen LogP contribution >= 0.6 is 50.7 Å². The van der Waals surface area contributed by atoms with E-state index in [-0.39, 0.29) is 26.6 Å². The molecule has 2 aromatic rings. The van der Waals surface area contributed by atoms with E-state index in [9.17, 15) is 4.79 Å². The van der Waals surface area contributed by atoms with Gasteiger partial charge in [-0.3, -0.25) is 4.79 Å². The predicted octanol–water partition coefficient (Wildman–Crippen LogP) is 4.54. The summed E-state index contributed by atoms with van der Waals surface area (Å²) in [5.74, 6) is -0.642. The molecule has 5 nitrogen and oxygen atoms in total. The van der Waals surface area contributed by atoms with Gasteiger partial charge in [-0.1, -0.05) is 62.9 Å². The summed E-state index contributed by atoms with van der Waals surface area (Å²) in [6, 6.07) is 7.46. The van der Waals surface area contributed by atoms with Crippen molar-refractivity contribution in [2.24, 2.45) is 5.10 Å². The summed E-state index contributed by atoms with van der Waals surface area (Å²) in [6.45, 7) is 1.75. The lowest BCUT2D eigenvalue weighted by Crippen LogP contribution is -2.21. The molecule has 1 amide bonds. The van der Waals surface area contributed by atoms with Crippen LogP contribution in [0.15, 0.2) is 33.8 Å². The van der Waals surface area contributed by atoms with Gasteiger partial charge in [-0.2, -0.15) is 5.10 Å². The number of carbonyl (C=O) groups excluding carboxylic acids is 1. The van der Waals surface area contributed by atoms with E-state index >= 15 is 0 Å². The second-order valence-electron chi connectivity index (χ2n) is 4.44. The number of benzene rings is 1. The van der Waals surface area contributed by atoms with Gasteiger partial charge < -0.3 is 5.73 Å². The van der Waals surface area contributed by atoms with Crippen LogP contribution in [0.2, 0.25) is 15.2 Å². The predicted molar refractivity (Wildman–Crippen MR) is 97.5 cm³/mol. The van der Waals surface area contributed by atoms with Crippen LogP contribution in [0.4, 0.5) is 5.69 Å². The van der Waals surface area contributed by atoms with Crippen molar-refractivity contribution in [2.75, 3.05) is 5.73 Å². The van der Waals surface area contributed by atoms with E-state index in [2.05, 4.69) is 31.4 Å². The highest BCUT2D eigenvalue weighted by Gasteiger charge is 2.19. The van der Waals surface area contributed by atoms with Crippen molar-refractivity contribution >= 4 is 68.0 Å². The summed E-state index contributed by atoms with van der Waals surface area (Å²) in [5, 5.41) is 3.83. The molecule has 0 bridgehead atoms. The third-order valence-corrected chi connectivity index (χ3v) is 4.54. The Morgan fingerprint density at radius 3 is 2.43 bits per heavy atom. The molecule has 0 saturated heterocycles. The Labute approximate surface area is 155 Å². The number of nitrogens with one attached hydrogen (secondary N) is 1. The second kappa shape index (κ2) is 7.49. The molecule has 1 aromatic heterocycles. The molecule has 0 spiro atoms.